The normalized spacial score (nSPS) is 12.3. The number of pyridine rings is 2. The van der Waals surface area contributed by atoms with Gasteiger partial charge < -0.3 is 14.0 Å². The molecule has 238 valence electrons. The largest absolute Gasteiger partial charge is 0.309 e. The second-order valence-electron chi connectivity index (χ2n) is 13.1. The van der Waals surface area contributed by atoms with Gasteiger partial charge in [0.05, 0.1) is 39.1 Å². The number of hydrogen-bond donors (Lipinski definition) is 0. The molecule has 4 aromatic heterocycles. The minimum atomic E-state index is 1.07. The second kappa shape index (κ2) is 10.8. The van der Waals surface area contributed by atoms with Crippen molar-refractivity contribution in [3.63, 3.8) is 0 Å². The van der Waals surface area contributed by atoms with E-state index < -0.39 is 0 Å². The molecule has 11 rings (SSSR count). The molecule has 0 amide bonds. The van der Waals surface area contributed by atoms with E-state index in [2.05, 4.69) is 164 Å². The van der Waals surface area contributed by atoms with Gasteiger partial charge >= 0.3 is 0 Å². The summed E-state index contributed by atoms with van der Waals surface area (Å²) >= 11 is 0. The summed E-state index contributed by atoms with van der Waals surface area (Å²) in [6.07, 6.45) is 7.52. The lowest BCUT2D eigenvalue weighted by atomic mass is 9.99. The van der Waals surface area contributed by atoms with E-state index in [0.717, 1.165) is 50.3 Å². The van der Waals surface area contributed by atoms with E-state index >= 15 is 0 Å². The highest BCUT2D eigenvalue weighted by molar-refractivity contribution is 6.28. The molecule has 5 heteroatoms. The lowest BCUT2D eigenvalue weighted by Crippen LogP contribution is -2.17. The molecular formula is C46H29N5. The Hall–Kier alpha value is -6.98. The van der Waals surface area contributed by atoms with Gasteiger partial charge in [-0.05, 0) is 83.9 Å². The molecule has 0 bridgehead atoms. The number of anilines is 3. The third-order valence-electron chi connectivity index (χ3n) is 10.3. The van der Waals surface area contributed by atoms with Gasteiger partial charge in [-0.15, -0.1) is 0 Å². The Bertz CT molecular complexity index is 2900. The zero-order valence-electron chi connectivity index (χ0n) is 27.5. The van der Waals surface area contributed by atoms with Crippen LogP contribution in [-0.4, -0.2) is 19.1 Å². The predicted molar refractivity (Wildman–Crippen MR) is 210 cm³/mol. The molecule has 51 heavy (non-hydrogen) atoms. The lowest BCUT2D eigenvalue weighted by molar-refractivity contribution is 1.12. The van der Waals surface area contributed by atoms with Crippen molar-refractivity contribution in [2.24, 2.45) is 0 Å². The molecule has 0 fully saturated rings. The summed E-state index contributed by atoms with van der Waals surface area (Å²) in [5.74, 6) is 0. The standard InChI is InChI=1S/C46H29N5/c1-2-13-34(14-3-1)49-40-18-6-7-19-41(40)51-45-36(16-8-20-43(45)49)37-21-22-42-44(46(37)51)38-15-4-5-17-39(38)50(42)35-26-32(30-11-9-23-47-28-30)25-33(27-35)31-12-10-24-48-29-31/h1-29H. The summed E-state index contributed by atoms with van der Waals surface area (Å²) in [5.41, 5.74) is 14.9. The number of aromatic nitrogens is 4. The van der Waals surface area contributed by atoms with Crippen LogP contribution in [0.5, 0.6) is 0 Å². The van der Waals surface area contributed by atoms with Gasteiger partial charge in [-0.1, -0.05) is 78.9 Å². The van der Waals surface area contributed by atoms with Crippen molar-refractivity contribution in [3.05, 3.63) is 176 Å². The van der Waals surface area contributed by atoms with Crippen LogP contribution >= 0.6 is 0 Å². The van der Waals surface area contributed by atoms with E-state index in [0.29, 0.717) is 0 Å². The Morgan fingerprint density at radius 1 is 0.373 bits per heavy atom. The maximum atomic E-state index is 4.46. The Morgan fingerprint density at radius 3 is 1.76 bits per heavy atom. The fourth-order valence-electron chi connectivity index (χ4n) is 8.25. The fraction of sp³-hybridized carbons (Fsp3) is 0. The molecule has 0 atom stereocenters. The molecule has 10 aromatic rings. The molecule has 0 N–H and O–H groups in total. The molecular weight excluding hydrogens is 623 g/mol. The van der Waals surface area contributed by atoms with Gasteiger partial charge in [0, 0.05) is 68.8 Å². The van der Waals surface area contributed by atoms with Crippen LogP contribution in [-0.2, 0) is 0 Å². The SMILES string of the molecule is c1ccc(N2c3ccccc3-n3c4c2cccc4c2ccc4c(c5ccccc5n4-c4cc(-c5cccnc5)cc(-c5cccnc5)c4)c23)cc1. The van der Waals surface area contributed by atoms with Crippen LogP contribution < -0.4 is 4.90 Å². The number of fused-ring (bicyclic) bond motifs is 9. The van der Waals surface area contributed by atoms with Gasteiger partial charge in [0.2, 0.25) is 0 Å². The quantitative estimate of drug-likeness (QED) is 0.190. The first-order valence-electron chi connectivity index (χ1n) is 17.2. The summed E-state index contributed by atoms with van der Waals surface area (Å²) in [5, 5.41) is 4.94. The summed E-state index contributed by atoms with van der Waals surface area (Å²) in [7, 11) is 0. The maximum absolute atomic E-state index is 4.46. The van der Waals surface area contributed by atoms with E-state index in [9.17, 15) is 0 Å². The molecule has 1 aliphatic heterocycles. The maximum Gasteiger partial charge on any atom is 0.0783 e. The zero-order chi connectivity index (χ0) is 33.5. The van der Waals surface area contributed by atoms with Gasteiger partial charge in [0.1, 0.15) is 0 Å². The number of benzene rings is 6. The van der Waals surface area contributed by atoms with Crippen molar-refractivity contribution in [1.29, 1.82) is 0 Å². The molecule has 5 heterocycles. The van der Waals surface area contributed by atoms with Crippen LogP contribution in [0.3, 0.4) is 0 Å². The highest BCUT2D eigenvalue weighted by atomic mass is 15.2. The van der Waals surface area contributed by atoms with Crippen LogP contribution in [0.4, 0.5) is 17.1 Å². The van der Waals surface area contributed by atoms with Crippen molar-refractivity contribution >= 4 is 60.7 Å². The fourth-order valence-corrected chi connectivity index (χ4v) is 8.25. The van der Waals surface area contributed by atoms with E-state index in [1.165, 1.54) is 44.0 Å². The monoisotopic (exact) mass is 651 g/mol. The lowest BCUT2D eigenvalue weighted by Gasteiger charge is -2.33. The minimum absolute atomic E-state index is 1.07. The van der Waals surface area contributed by atoms with Crippen LogP contribution in [0, 0.1) is 0 Å². The topological polar surface area (TPSA) is 38.9 Å². The van der Waals surface area contributed by atoms with Gasteiger partial charge in [0.15, 0.2) is 0 Å². The van der Waals surface area contributed by atoms with Crippen LogP contribution in [0.1, 0.15) is 0 Å². The summed E-state index contributed by atoms with van der Waals surface area (Å²) in [6, 6.07) is 54.7. The number of nitrogens with zero attached hydrogens (tertiary/aromatic N) is 5. The van der Waals surface area contributed by atoms with Gasteiger partial charge in [-0.2, -0.15) is 0 Å². The first-order valence-corrected chi connectivity index (χ1v) is 17.2. The van der Waals surface area contributed by atoms with Crippen LogP contribution in [0.2, 0.25) is 0 Å². The number of rotatable bonds is 4. The average molecular weight is 652 g/mol. The van der Waals surface area contributed by atoms with E-state index in [-0.39, 0.29) is 0 Å². The van der Waals surface area contributed by atoms with Crippen molar-refractivity contribution in [2.45, 2.75) is 0 Å². The summed E-state index contributed by atoms with van der Waals surface area (Å²) in [4.78, 5) is 11.3. The van der Waals surface area contributed by atoms with Crippen LogP contribution in [0.15, 0.2) is 176 Å². The average Bonchev–Trinajstić information content (AvgIpc) is 3.73. The highest BCUT2D eigenvalue weighted by Crippen LogP contribution is 2.51. The third kappa shape index (κ3) is 4.03. The first-order chi connectivity index (χ1) is 25.3. The molecule has 0 aliphatic carbocycles. The number of hydrogen-bond acceptors (Lipinski definition) is 3. The van der Waals surface area contributed by atoms with Gasteiger partial charge in [-0.3, -0.25) is 9.97 Å². The molecule has 0 unspecified atom stereocenters. The van der Waals surface area contributed by atoms with Crippen molar-refractivity contribution in [2.75, 3.05) is 4.90 Å². The van der Waals surface area contributed by atoms with Gasteiger partial charge in [0.25, 0.3) is 0 Å². The minimum Gasteiger partial charge on any atom is -0.309 e. The molecule has 0 radical (unpaired) electrons. The first kappa shape index (κ1) is 27.9. The van der Waals surface area contributed by atoms with E-state index in [4.69, 9.17) is 0 Å². The highest BCUT2D eigenvalue weighted by Gasteiger charge is 2.30. The Balaban J connectivity index is 1.27. The van der Waals surface area contributed by atoms with E-state index in [1.807, 2.05) is 36.9 Å². The van der Waals surface area contributed by atoms with Crippen molar-refractivity contribution in [3.8, 4) is 33.6 Å². The molecule has 0 saturated carbocycles. The Kier molecular flexibility index (Phi) is 5.89. The summed E-state index contributed by atoms with van der Waals surface area (Å²) in [6.45, 7) is 0. The smallest absolute Gasteiger partial charge is 0.0783 e. The van der Waals surface area contributed by atoms with Gasteiger partial charge in [-0.25, -0.2) is 0 Å². The molecule has 6 aromatic carbocycles. The molecule has 5 nitrogen and oxygen atoms in total. The molecule has 1 aliphatic rings. The Labute approximate surface area is 293 Å². The zero-order valence-corrected chi connectivity index (χ0v) is 27.5. The second-order valence-corrected chi connectivity index (χ2v) is 13.1. The van der Waals surface area contributed by atoms with Crippen molar-refractivity contribution < 1.29 is 0 Å². The molecule has 0 spiro atoms. The number of para-hydroxylation sites is 5. The van der Waals surface area contributed by atoms with E-state index in [1.54, 1.807) is 0 Å². The molecule has 0 saturated heterocycles. The Morgan fingerprint density at radius 2 is 1.02 bits per heavy atom. The van der Waals surface area contributed by atoms with Crippen molar-refractivity contribution in [1.82, 2.24) is 19.1 Å². The third-order valence-corrected chi connectivity index (χ3v) is 10.3. The predicted octanol–water partition coefficient (Wildman–Crippen LogP) is 11.8. The summed E-state index contributed by atoms with van der Waals surface area (Å²) < 4.78 is 4.95. The van der Waals surface area contributed by atoms with Crippen LogP contribution in [0.25, 0.3) is 77.2 Å².